The number of hydrogen-bond donors (Lipinski definition) is 0. The average molecular weight is 453 g/mol. The molecule has 3 aromatic carbocycles. The number of piperidine rings is 1. The Hall–Kier alpha value is -3.61. The van der Waals surface area contributed by atoms with E-state index in [2.05, 4.69) is 0 Å². The Bertz CT molecular complexity index is 1160. The summed E-state index contributed by atoms with van der Waals surface area (Å²) in [7, 11) is 1.30. The number of alkyl halides is 2. The lowest BCUT2D eigenvalue weighted by Crippen LogP contribution is -2.42. The quantitative estimate of drug-likeness (QED) is 0.468. The molecule has 0 unspecified atom stereocenters. The minimum Gasteiger partial charge on any atom is -0.465 e. The van der Waals surface area contributed by atoms with Crippen molar-refractivity contribution in [2.45, 2.75) is 18.8 Å². The van der Waals surface area contributed by atoms with E-state index in [9.17, 15) is 22.8 Å². The van der Waals surface area contributed by atoms with Gasteiger partial charge in [0.2, 0.25) is 0 Å². The van der Waals surface area contributed by atoms with Gasteiger partial charge in [0, 0.05) is 31.5 Å². The Kier molecular flexibility index (Phi) is 6.22. The summed E-state index contributed by atoms with van der Waals surface area (Å²) >= 11 is 0. The fraction of sp³-hybridized carbons (Fsp3) is 0.231. The maximum absolute atomic E-state index is 13.4. The topological polar surface area (TPSA) is 46.6 Å². The molecule has 170 valence electrons. The highest BCUT2D eigenvalue weighted by Gasteiger charge is 2.35. The highest BCUT2D eigenvalue weighted by Crippen LogP contribution is 2.32. The molecule has 7 heteroatoms. The minimum absolute atomic E-state index is 0.0314. The van der Waals surface area contributed by atoms with Crippen LogP contribution in [-0.2, 0) is 4.74 Å². The molecule has 0 N–H and O–H groups in total. The van der Waals surface area contributed by atoms with Gasteiger partial charge in [-0.25, -0.2) is 18.0 Å². The SMILES string of the molecule is COC(=O)c1ccc(-c2ccc(C(=O)N3CCC(F)(F)CC3)cc2)cc1-c1ccc(F)cc1. The Balaban J connectivity index is 1.61. The fourth-order valence-corrected chi connectivity index (χ4v) is 3.90. The number of benzene rings is 3. The van der Waals surface area contributed by atoms with Crippen LogP contribution in [0.2, 0.25) is 0 Å². The van der Waals surface area contributed by atoms with Gasteiger partial charge in [0.15, 0.2) is 0 Å². The Labute approximate surface area is 189 Å². The molecule has 1 fully saturated rings. The van der Waals surface area contributed by atoms with Gasteiger partial charge in [0.05, 0.1) is 12.7 Å². The number of esters is 1. The van der Waals surface area contributed by atoms with Gasteiger partial charge in [-0.3, -0.25) is 4.79 Å². The number of ether oxygens (including phenoxy) is 1. The molecule has 1 aliphatic rings. The van der Waals surface area contributed by atoms with E-state index < -0.39 is 11.9 Å². The molecule has 1 saturated heterocycles. The zero-order chi connectivity index (χ0) is 23.6. The van der Waals surface area contributed by atoms with Crippen LogP contribution < -0.4 is 0 Å². The van der Waals surface area contributed by atoms with Crippen molar-refractivity contribution in [3.8, 4) is 22.3 Å². The van der Waals surface area contributed by atoms with Crippen molar-refractivity contribution >= 4 is 11.9 Å². The first kappa shape index (κ1) is 22.6. The highest BCUT2D eigenvalue weighted by molar-refractivity contribution is 5.99. The smallest absolute Gasteiger partial charge is 0.338 e. The van der Waals surface area contributed by atoms with Crippen LogP contribution in [0.1, 0.15) is 33.6 Å². The lowest BCUT2D eigenvalue weighted by atomic mass is 9.94. The van der Waals surface area contributed by atoms with E-state index in [0.29, 0.717) is 22.3 Å². The number of likely N-dealkylation sites (tertiary alicyclic amines) is 1. The van der Waals surface area contributed by atoms with Gasteiger partial charge in [-0.05, 0) is 58.7 Å². The lowest BCUT2D eigenvalue weighted by Gasteiger charge is -2.31. The van der Waals surface area contributed by atoms with E-state index in [1.54, 1.807) is 48.5 Å². The third kappa shape index (κ3) is 4.92. The molecule has 0 saturated carbocycles. The van der Waals surface area contributed by atoms with E-state index in [4.69, 9.17) is 4.74 Å². The Morgan fingerprint density at radius 1 is 0.848 bits per heavy atom. The van der Waals surface area contributed by atoms with E-state index >= 15 is 0 Å². The number of amides is 1. The zero-order valence-corrected chi connectivity index (χ0v) is 18.0. The van der Waals surface area contributed by atoms with Crippen LogP contribution in [0, 0.1) is 5.82 Å². The molecule has 33 heavy (non-hydrogen) atoms. The summed E-state index contributed by atoms with van der Waals surface area (Å²) in [5.41, 5.74) is 3.62. The molecule has 0 spiro atoms. The van der Waals surface area contributed by atoms with Gasteiger partial charge < -0.3 is 9.64 Å². The van der Waals surface area contributed by atoms with Crippen molar-refractivity contribution in [2.24, 2.45) is 0 Å². The number of nitrogens with zero attached hydrogens (tertiary/aromatic N) is 1. The minimum atomic E-state index is -2.71. The second-order valence-electron chi connectivity index (χ2n) is 7.98. The van der Waals surface area contributed by atoms with Crippen molar-refractivity contribution in [1.29, 1.82) is 0 Å². The number of rotatable bonds is 4. The molecule has 0 bridgehead atoms. The van der Waals surface area contributed by atoms with E-state index in [1.165, 1.54) is 24.1 Å². The molecule has 1 heterocycles. The molecule has 4 nitrogen and oxygen atoms in total. The standard InChI is InChI=1S/C26H22F3NO3/c1-33-25(32)22-11-8-20(16-23(22)18-6-9-21(27)10-7-18)17-2-4-19(5-3-17)24(31)30-14-12-26(28,29)13-15-30/h2-11,16H,12-15H2,1H3. The van der Waals surface area contributed by atoms with Crippen molar-refractivity contribution < 1.29 is 27.5 Å². The summed E-state index contributed by atoms with van der Waals surface area (Å²) < 4.78 is 45.0. The molecule has 0 atom stereocenters. The number of carbonyl (C=O) groups is 2. The van der Waals surface area contributed by atoms with Crippen LogP contribution in [-0.4, -0.2) is 42.9 Å². The maximum atomic E-state index is 13.4. The third-order valence-corrected chi connectivity index (χ3v) is 5.83. The molecular weight excluding hydrogens is 431 g/mol. The molecular formula is C26H22F3NO3. The van der Waals surface area contributed by atoms with Gasteiger partial charge in [-0.2, -0.15) is 0 Å². The summed E-state index contributed by atoms with van der Waals surface area (Å²) in [6, 6.07) is 17.9. The van der Waals surface area contributed by atoms with Crippen LogP contribution >= 0.6 is 0 Å². The van der Waals surface area contributed by atoms with Gasteiger partial charge in [-0.1, -0.05) is 30.3 Å². The first-order valence-electron chi connectivity index (χ1n) is 10.5. The number of methoxy groups -OCH3 is 1. The molecule has 1 amide bonds. The normalized spacial score (nSPS) is 15.2. The largest absolute Gasteiger partial charge is 0.465 e. The predicted molar refractivity (Wildman–Crippen MR) is 119 cm³/mol. The van der Waals surface area contributed by atoms with Crippen LogP contribution in [0.25, 0.3) is 22.3 Å². The maximum Gasteiger partial charge on any atom is 0.338 e. The summed E-state index contributed by atoms with van der Waals surface area (Å²) in [6.07, 6.45) is -0.648. The molecule has 0 aliphatic carbocycles. The summed E-state index contributed by atoms with van der Waals surface area (Å²) in [5.74, 6) is -3.87. The summed E-state index contributed by atoms with van der Waals surface area (Å²) in [5, 5.41) is 0. The number of carbonyl (C=O) groups excluding carboxylic acids is 2. The number of hydrogen-bond acceptors (Lipinski definition) is 3. The third-order valence-electron chi connectivity index (χ3n) is 5.83. The molecule has 3 aromatic rings. The van der Waals surface area contributed by atoms with Crippen molar-refractivity contribution in [3.05, 3.63) is 83.7 Å². The van der Waals surface area contributed by atoms with E-state index in [-0.39, 0.29) is 37.7 Å². The first-order chi connectivity index (χ1) is 15.8. The Morgan fingerprint density at radius 2 is 1.42 bits per heavy atom. The second-order valence-corrected chi connectivity index (χ2v) is 7.98. The summed E-state index contributed by atoms with van der Waals surface area (Å²) in [4.78, 5) is 26.4. The lowest BCUT2D eigenvalue weighted by molar-refractivity contribution is -0.0494. The van der Waals surface area contributed by atoms with E-state index in [1.807, 2.05) is 6.07 Å². The summed E-state index contributed by atoms with van der Waals surface area (Å²) in [6.45, 7) is 0.0627. The van der Waals surface area contributed by atoms with Crippen molar-refractivity contribution in [1.82, 2.24) is 4.90 Å². The van der Waals surface area contributed by atoms with Crippen LogP contribution in [0.15, 0.2) is 66.7 Å². The average Bonchev–Trinajstić information content (AvgIpc) is 2.83. The number of halogens is 3. The van der Waals surface area contributed by atoms with Crippen LogP contribution in [0.3, 0.4) is 0 Å². The second kappa shape index (κ2) is 9.10. The van der Waals surface area contributed by atoms with E-state index in [0.717, 1.165) is 11.1 Å². The van der Waals surface area contributed by atoms with Gasteiger partial charge >= 0.3 is 5.97 Å². The monoisotopic (exact) mass is 453 g/mol. The van der Waals surface area contributed by atoms with Gasteiger partial charge in [-0.15, -0.1) is 0 Å². The van der Waals surface area contributed by atoms with Crippen molar-refractivity contribution in [3.63, 3.8) is 0 Å². The Morgan fingerprint density at radius 3 is 2.03 bits per heavy atom. The van der Waals surface area contributed by atoms with Gasteiger partial charge in [0.25, 0.3) is 11.8 Å². The fourth-order valence-electron chi connectivity index (χ4n) is 3.90. The van der Waals surface area contributed by atoms with Crippen molar-refractivity contribution in [2.75, 3.05) is 20.2 Å². The zero-order valence-electron chi connectivity index (χ0n) is 18.0. The van der Waals surface area contributed by atoms with Gasteiger partial charge in [0.1, 0.15) is 5.82 Å². The first-order valence-corrected chi connectivity index (χ1v) is 10.5. The molecule has 0 aromatic heterocycles. The van der Waals surface area contributed by atoms with Crippen LogP contribution in [0.5, 0.6) is 0 Å². The molecule has 0 radical (unpaired) electrons. The van der Waals surface area contributed by atoms with Crippen LogP contribution in [0.4, 0.5) is 13.2 Å². The highest BCUT2D eigenvalue weighted by atomic mass is 19.3. The molecule has 4 rings (SSSR count). The predicted octanol–water partition coefficient (Wildman–Crippen LogP) is 5.82. The molecule has 1 aliphatic heterocycles.